The fraction of sp³-hybridized carbons (Fsp3) is 0.643. The van der Waals surface area contributed by atoms with Gasteiger partial charge in [-0.3, -0.25) is 4.79 Å². The highest BCUT2D eigenvalue weighted by Gasteiger charge is 1.98. The highest BCUT2D eigenvalue weighted by atomic mass is 16.5. The van der Waals surface area contributed by atoms with E-state index in [9.17, 15) is 4.79 Å². The predicted octanol–water partition coefficient (Wildman–Crippen LogP) is 4.02. The minimum atomic E-state index is -0.0904. The van der Waals surface area contributed by atoms with Crippen molar-refractivity contribution in [1.29, 1.82) is 0 Å². The Morgan fingerprint density at radius 3 is 2.50 bits per heavy atom. The van der Waals surface area contributed by atoms with E-state index in [-0.39, 0.29) is 5.97 Å². The van der Waals surface area contributed by atoms with E-state index in [0.29, 0.717) is 6.42 Å². The van der Waals surface area contributed by atoms with Gasteiger partial charge in [-0.25, -0.2) is 0 Å². The summed E-state index contributed by atoms with van der Waals surface area (Å²) < 4.78 is 4.58. The number of unbranched alkanes of at least 4 members (excludes halogenated alkanes) is 5. The van der Waals surface area contributed by atoms with Gasteiger partial charge in [0.1, 0.15) is 0 Å². The van der Waals surface area contributed by atoms with Crippen LogP contribution in [0.4, 0.5) is 0 Å². The van der Waals surface area contributed by atoms with Crippen molar-refractivity contribution >= 4 is 5.97 Å². The second-order valence-corrected chi connectivity index (χ2v) is 3.88. The molecule has 0 saturated carbocycles. The van der Waals surface area contributed by atoms with Gasteiger partial charge >= 0.3 is 5.97 Å². The van der Waals surface area contributed by atoms with Gasteiger partial charge in [-0.2, -0.15) is 0 Å². The van der Waals surface area contributed by atoms with Crippen molar-refractivity contribution in [2.45, 2.75) is 51.4 Å². The average molecular weight is 224 g/mol. The molecule has 92 valence electrons. The molecule has 0 unspecified atom stereocenters. The first-order chi connectivity index (χ1) is 7.81. The first kappa shape index (κ1) is 14.9. The molecule has 0 aromatic rings. The number of carbonyl (C=O) groups excluding carboxylic acids is 1. The van der Waals surface area contributed by atoms with Gasteiger partial charge in [-0.05, 0) is 25.7 Å². The standard InChI is InChI=1S/C14H24O2/c1-3-4-5-6-7-8-9-10-11-12-13-14(15)16-2/h3,5-6H,1,4,7-13H2,2H3. The summed E-state index contributed by atoms with van der Waals surface area (Å²) in [5.74, 6) is -0.0904. The van der Waals surface area contributed by atoms with Crippen molar-refractivity contribution in [2.75, 3.05) is 7.11 Å². The molecule has 0 spiro atoms. The molecule has 0 N–H and O–H groups in total. The molecule has 2 heteroatoms. The van der Waals surface area contributed by atoms with Crippen LogP contribution in [0.1, 0.15) is 51.4 Å². The lowest BCUT2D eigenvalue weighted by Gasteiger charge is -1.99. The molecule has 0 aliphatic rings. The Kier molecular flexibility index (Phi) is 11.2. The molecular weight excluding hydrogens is 200 g/mol. The van der Waals surface area contributed by atoms with Gasteiger partial charge in [0.25, 0.3) is 0 Å². The molecule has 0 fully saturated rings. The largest absolute Gasteiger partial charge is 0.469 e. The number of ether oxygens (including phenoxy) is 1. The van der Waals surface area contributed by atoms with Crippen LogP contribution in [0.15, 0.2) is 24.8 Å². The molecule has 0 amide bonds. The summed E-state index contributed by atoms with van der Waals surface area (Å²) in [5, 5.41) is 0. The van der Waals surface area contributed by atoms with Crippen molar-refractivity contribution in [1.82, 2.24) is 0 Å². The molecule has 16 heavy (non-hydrogen) atoms. The summed E-state index contributed by atoms with van der Waals surface area (Å²) in [5.41, 5.74) is 0. The number of esters is 1. The lowest BCUT2D eigenvalue weighted by atomic mass is 10.1. The van der Waals surface area contributed by atoms with Crippen LogP contribution in [0.5, 0.6) is 0 Å². The van der Waals surface area contributed by atoms with Crippen LogP contribution >= 0.6 is 0 Å². The Balaban J connectivity index is 3.09. The zero-order valence-electron chi connectivity index (χ0n) is 10.4. The fourth-order valence-corrected chi connectivity index (χ4v) is 1.47. The maximum atomic E-state index is 10.8. The molecular formula is C14H24O2. The first-order valence-electron chi connectivity index (χ1n) is 6.14. The van der Waals surface area contributed by atoms with Crippen LogP contribution in [-0.2, 0) is 9.53 Å². The van der Waals surface area contributed by atoms with Crippen LogP contribution < -0.4 is 0 Å². The minimum Gasteiger partial charge on any atom is -0.469 e. The smallest absolute Gasteiger partial charge is 0.305 e. The average Bonchev–Trinajstić information content (AvgIpc) is 2.31. The maximum absolute atomic E-state index is 10.8. The van der Waals surface area contributed by atoms with Crippen molar-refractivity contribution in [3.63, 3.8) is 0 Å². The third kappa shape index (κ3) is 11.0. The Morgan fingerprint density at radius 1 is 1.12 bits per heavy atom. The van der Waals surface area contributed by atoms with Gasteiger partial charge in [0.05, 0.1) is 7.11 Å². The van der Waals surface area contributed by atoms with Gasteiger partial charge in [0.15, 0.2) is 0 Å². The van der Waals surface area contributed by atoms with Crippen LogP contribution in [0.2, 0.25) is 0 Å². The number of hydrogen-bond acceptors (Lipinski definition) is 2. The molecule has 2 nitrogen and oxygen atoms in total. The van der Waals surface area contributed by atoms with Crippen molar-refractivity contribution in [2.24, 2.45) is 0 Å². The second-order valence-electron chi connectivity index (χ2n) is 3.88. The van der Waals surface area contributed by atoms with Gasteiger partial charge in [0, 0.05) is 6.42 Å². The van der Waals surface area contributed by atoms with Crippen molar-refractivity contribution in [3.05, 3.63) is 24.8 Å². The molecule has 0 heterocycles. The Labute approximate surface area is 99.4 Å². The molecule has 0 bridgehead atoms. The van der Waals surface area contributed by atoms with Gasteiger partial charge < -0.3 is 4.74 Å². The number of methoxy groups -OCH3 is 1. The van der Waals surface area contributed by atoms with E-state index in [4.69, 9.17) is 0 Å². The monoisotopic (exact) mass is 224 g/mol. The first-order valence-corrected chi connectivity index (χ1v) is 6.14. The summed E-state index contributed by atoms with van der Waals surface area (Å²) in [4.78, 5) is 10.8. The SMILES string of the molecule is C=CCC=CCCCCCCCC(=O)OC. The molecule has 0 rings (SSSR count). The zero-order valence-corrected chi connectivity index (χ0v) is 10.4. The lowest BCUT2D eigenvalue weighted by molar-refractivity contribution is -0.140. The van der Waals surface area contributed by atoms with E-state index in [0.717, 1.165) is 25.7 Å². The predicted molar refractivity (Wildman–Crippen MR) is 68.3 cm³/mol. The summed E-state index contributed by atoms with van der Waals surface area (Å²) in [6.07, 6.45) is 14.8. The Hall–Kier alpha value is -1.05. The normalized spacial score (nSPS) is 10.6. The van der Waals surface area contributed by atoms with Crippen LogP contribution in [0.25, 0.3) is 0 Å². The van der Waals surface area contributed by atoms with Gasteiger partial charge in [-0.1, -0.05) is 37.5 Å². The van der Waals surface area contributed by atoms with Gasteiger partial charge in [-0.15, -0.1) is 6.58 Å². The molecule has 0 aliphatic carbocycles. The summed E-state index contributed by atoms with van der Waals surface area (Å²) in [6, 6.07) is 0. The number of allylic oxidation sites excluding steroid dienone is 3. The molecule has 0 atom stereocenters. The number of carbonyl (C=O) groups is 1. The number of rotatable bonds is 10. The third-order valence-corrected chi connectivity index (χ3v) is 2.45. The van der Waals surface area contributed by atoms with Crippen LogP contribution in [-0.4, -0.2) is 13.1 Å². The zero-order chi connectivity index (χ0) is 12.1. The highest BCUT2D eigenvalue weighted by molar-refractivity contribution is 5.68. The molecule has 0 radical (unpaired) electrons. The third-order valence-electron chi connectivity index (χ3n) is 2.45. The minimum absolute atomic E-state index is 0.0904. The molecule has 0 saturated heterocycles. The molecule has 0 aromatic carbocycles. The van der Waals surface area contributed by atoms with E-state index in [1.54, 1.807) is 0 Å². The van der Waals surface area contributed by atoms with Crippen molar-refractivity contribution in [3.8, 4) is 0 Å². The van der Waals surface area contributed by atoms with E-state index in [1.807, 2.05) is 6.08 Å². The van der Waals surface area contributed by atoms with E-state index < -0.39 is 0 Å². The Morgan fingerprint density at radius 2 is 1.81 bits per heavy atom. The maximum Gasteiger partial charge on any atom is 0.305 e. The second kappa shape index (κ2) is 12.0. The Bertz CT molecular complexity index is 207. The molecule has 0 aliphatic heterocycles. The van der Waals surface area contributed by atoms with Crippen molar-refractivity contribution < 1.29 is 9.53 Å². The van der Waals surface area contributed by atoms with E-state index in [1.165, 1.54) is 26.4 Å². The number of hydrogen-bond donors (Lipinski definition) is 0. The summed E-state index contributed by atoms with van der Waals surface area (Å²) in [6.45, 7) is 3.66. The summed E-state index contributed by atoms with van der Waals surface area (Å²) in [7, 11) is 1.44. The molecule has 0 aromatic heterocycles. The summed E-state index contributed by atoms with van der Waals surface area (Å²) >= 11 is 0. The van der Waals surface area contributed by atoms with E-state index >= 15 is 0 Å². The van der Waals surface area contributed by atoms with Crippen LogP contribution in [0.3, 0.4) is 0 Å². The van der Waals surface area contributed by atoms with E-state index in [2.05, 4.69) is 23.5 Å². The van der Waals surface area contributed by atoms with Crippen LogP contribution in [0, 0.1) is 0 Å². The van der Waals surface area contributed by atoms with Gasteiger partial charge in [0.2, 0.25) is 0 Å². The fourth-order valence-electron chi connectivity index (χ4n) is 1.47. The topological polar surface area (TPSA) is 26.3 Å². The highest BCUT2D eigenvalue weighted by Crippen LogP contribution is 2.08. The quantitative estimate of drug-likeness (QED) is 0.318. The lowest BCUT2D eigenvalue weighted by Crippen LogP contribution is -1.98.